The maximum Gasteiger partial charge on any atom is 0.151 e. The zero-order valence-corrected chi connectivity index (χ0v) is 11.0. The molecule has 100 valence electrons. The normalized spacial score (nSPS) is 19.1. The largest absolute Gasteiger partial charge is 0.354 e. The number of benzene rings is 1. The third-order valence-corrected chi connectivity index (χ3v) is 3.65. The monoisotopic (exact) mass is 280 g/mol. The van der Waals surface area contributed by atoms with Gasteiger partial charge in [-0.15, -0.1) is 0 Å². The number of hydrogen-bond acceptors (Lipinski definition) is 3. The van der Waals surface area contributed by atoms with E-state index in [1.807, 2.05) is 6.07 Å². The van der Waals surface area contributed by atoms with E-state index in [1.165, 1.54) is 12.1 Å². The molecule has 1 fully saturated rings. The van der Waals surface area contributed by atoms with E-state index in [0.29, 0.717) is 5.02 Å². The Hall–Kier alpha value is -1.59. The van der Waals surface area contributed by atoms with Gasteiger partial charge in [0.25, 0.3) is 0 Å². The highest BCUT2D eigenvalue weighted by Gasteiger charge is 2.21. The van der Waals surface area contributed by atoms with Crippen molar-refractivity contribution >= 4 is 17.4 Å². The summed E-state index contributed by atoms with van der Waals surface area (Å²) in [6, 6.07) is 6.44. The van der Waals surface area contributed by atoms with E-state index < -0.39 is 0 Å². The van der Waals surface area contributed by atoms with Crippen LogP contribution in [0.5, 0.6) is 0 Å². The summed E-state index contributed by atoms with van der Waals surface area (Å²) in [5, 5.41) is 7.57. The Bertz CT molecular complexity index is 598. The van der Waals surface area contributed by atoms with Crippen molar-refractivity contribution in [1.82, 2.24) is 10.2 Å². The SMILES string of the molecule is NC1CCN(c2cc(-c3ccc(F)cc3Cl)[nH]n2)C1. The van der Waals surface area contributed by atoms with Gasteiger partial charge in [0.2, 0.25) is 0 Å². The first-order valence-corrected chi connectivity index (χ1v) is 6.52. The van der Waals surface area contributed by atoms with E-state index in [4.69, 9.17) is 17.3 Å². The molecule has 1 atom stereocenters. The van der Waals surface area contributed by atoms with Crippen LogP contribution in [0.4, 0.5) is 10.2 Å². The Balaban J connectivity index is 1.88. The second-order valence-electron chi connectivity index (χ2n) is 4.76. The van der Waals surface area contributed by atoms with E-state index >= 15 is 0 Å². The molecule has 0 spiro atoms. The van der Waals surface area contributed by atoms with Gasteiger partial charge in [0, 0.05) is 30.8 Å². The lowest BCUT2D eigenvalue weighted by molar-refractivity contribution is 0.628. The van der Waals surface area contributed by atoms with Gasteiger partial charge in [0.1, 0.15) is 5.82 Å². The van der Waals surface area contributed by atoms with Crippen LogP contribution in [0.25, 0.3) is 11.3 Å². The Morgan fingerprint density at radius 3 is 2.95 bits per heavy atom. The Morgan fingerprint density at radius 2 is 2.26 bits per heavy atom. The van der Waals surface area contributed by atoms with E-state index in [-0.39, 0.29) is 11.9 Å². The van der Waals surface area contributed by atoms with Gasteiger partial charge in [0.15, 0.2) is 5.82 Å². The minimum Gasteiger partial charge on any atom is -0.354 e. The van der Waals surface area contributed by atoms with Gasteiger partial charge >= 0.3 is 0 Å². The zero-order valence-electron chi connectivity index (χ0n) is 10.2. The molecule has 0 radical (unpaired) electrons. The highest BCUT2D eigenvalue weighted by molar-refractivity contribution is 6.33. The van der Waals surface area contributed by atoms with Crippen molar-refractivity contribution in [3.8, 4) is 11.3 Å². The predicted octanol–water partition coefficient (Wildman–Crippen LogP) is 2.41. The molecular weight excluding hydrogens is 267 g/mol. The number of nitrogens with two attached hydrogens (primary N) is 1. The molecule has 3 N–H and O–H groups in total. The molecule has 0 saturated carbocycles. The van der Waals surface area contributed by atoms with E-state index in [0.717, 1.165) is 36.6 Å². The average molecular weight is 281 g/mol. The molecule has 1 saturated heterocycles. The second-order valence-corrected chi connectivity index (χ2v) is 5.17. The zero-order chi connectivity index (χ0) is 13.4. The molecule has 1 aromatic heterocycles. The highest BCUT2D eigenvalue weighted by Crippen LogP contribution is 2.29. The van der Waals surface area contributed by atoms with Crippen LogP contribution in [0.2, 0.25) is 5.02 Å². The molecule has 0 bridgehead atoms. The van der Waals surface area contributed by atoms with Crippen LogP contribution in [0, 0.1) is 5.82 Å². The quantitative estimate of drug-likeness (QED) is 0.888. The van der Waals surface area contributed by atoms with Gasteiger partial charge in [-0.3, -0.25) is 5.10 Å². The lowest BCUT2D eigenvalue weighted by atomic mass is 10.1. The van der Waals surface area contributed by atoms with Crippen LogP contribution in [-0.4, -0.2) is 29.3 Å². The number of H-pyrrole nitrogens is 1. The Morgan fingerprint density at radius 1 is 1.42 bits per heavy atom. The molecule has 4 nitrogen and oxygen atoms in total. The van der Waals surface area contributed by atoms with Crippen molar-refractivity contribution < 1.29 is 4.39 Å². The minimum absolute atomic E-state index is 0.203. The van der Waals surface area contributed by atoms with E-state index in [9.17, 15) is 4.39 Å². The molecule has 1 aliphatic heterocycles. The molecular formula is C13H14ClFN4. The summed E-state index contributed by atoms with van der Waals surface area (Å²) in [4.78, 5) is 2.13. The molecule has 0 amide bonds. The summed E-state index contributed by atoms with van der Waals surface area (Å²) in [6.07, 6.45) is 0.972. The first kappa shape index (κ1) is 12.4. The number of nitrogens with one attached hydrogen (secondary N) is 1. The number of halogens is 2. The van der Waals surface area contributed by atoms with Crippen LogP contribution in [0.3, 0.4) is 0 Å². The van der Waals surface area contributed by atoms with E-state index in [1.54, 1.807) is 6.07 Å². The fourth-order valence-electron chi connectivity index (χ4n) is 2.31. The molecule has 1 aromatic carbocycles. The molecule has 1 unspecified atom stereocenters. The maximum atomic E-state index is 13.0. The number of rotatable bonds is 2. The summed E-state index contributed by atoms with van der Waals surface area (Å²) in [5.74, 6) is 0.502. The summed E-state index contributed by atoms with van der Waals surface area (Å²) < 4.78 is 13.0. The molecule has 2 aromatic rings. The predicted molar refractivity (Wildman–Crippen MR) is 73.8 cm³/mol. The number of anilines is 1. The lowest BCUT2D eigenvalue weighted by Crippen LogP contribution is -2.26. The number of hydrogen-bond donors (Lipinski definition) is 2. The number of aromatic amines is 1. The van der Waals surface area contributed by atoms with Crippen molar-refractivity contribution in [3.63, 3.8) is 0 Å². The van der Waals surface area contributed by atoms with Crippen LogP contribution < -0.4 is 10.6 Å². The van der Waals surface area contributed by atoms with Crippen LogP contribution in [0.15, 0.2) is 24.3 Å². The van der Waals surface area contributed by atoms with Crippen LogP contribution in [0.1, 0.15) is 6.42 Å². The molecule has 1 aliphatic rings. The van der Waals surface area contributed by atoms with Crippen molar-refractivity contribution in [1.29, 1.82) is 0 Å². The average Bonchev–Trinajstić information content (AvgIpc) is 2.97. The van der Waals surface area contributed by atoms with E-state index in [2.05, 4.69) is 15.1 Å². The summed E-state index contributed by atoms with van der Waals surface area (Å²) in [6.45, 7) is 1.71. The van der Waals surface area contributed by atoms with Crippen molar-refractivity contribution in [2.45, 2.75) is 12.5 Å². The maximum absolute atomic E-state index is 13.0. The van der Waals surface area contributed by atoms with Crippen molar-refractivity contribution in [2.75, 3.05) is 18.0 Å². The van der Waals surface area contributed by atoms with Gasteiger partial charge in [-0.05, 0) is 24.6 Å². The first-order chi connectivity index (χ1) is 9.13. The van der Waals surface area contributed by atoms with Gasteiger partial charge < -0.3 is 10.6 Å². The number of nitrogens with zero attached hydrogens (tertiary/aromatic N) is 2. The molecule has 3 rings (SSSR count). The number of aromatic nitrogens is 2. The highest BCUT2D eigenvalue weighted by atomic mass is 35.5. The third kappa shape index (κ3) is 2.43. The summed E-state index contributed by atoms with van der Waals surface area (Å²) in [7, 11) is 0. The fourth-order valence-corrected chi connectivity index (χ4v) is 2.58. The van der Waals surface area contributed by atoms with Crippen molar-refractivity contribution in [3.05, 3.63) is 35.1 Å². The van der Waals surface area contributed by atoms with Gasteiger partial charge in [0.05, 0.1) is 10.7 Å². The molecule has 19 heavy (non-hydrogen) atoms. The topological polar surface area (TPSA) is 57.9 Å². The molecule has 6 heteroatoms. The van der Waals surface area contributed by atoms with Gasteiger partial charge in [-0.2, -0.15) is 5.10 Å². The lowest BCUT2D eigenvalue weighted by Gasteiger charge is -2.13. The summed E-state index contributed by atoms with van der Waals surface area (Å²) >= 11 is 6.03. The minimum atomic E-state index is -0.348. The third-order valence-electron chi connectivity index (χ3n) is 3.33. The Labute approximate surface area is 115 Å². The van der Waals surface area contributed by atoms with Crippen LogP contribution >= 0.6 is 11.6 Å². The van der Waals surface area contributed by atoms with Crippen LogP contribution in [-0.2, 0) is 0 Å². The second kappa shape index (κ2) is 4.83. The fraction of sp³-hybridized carbons (Fsp3) is 0.308. The standard InChI is InChI=1S/C13H14ClFN4/c14-11-5-8(15)1-2-10(11)12-6-13(18-17-12)19-4-3-9(16)7-19/h1-2,5-6,9H,3-4,7,16H2,(H,17,18). The molecule has 0 aliphatic carbocycles. The van der Waals surface area contributed by atoms with Crippen molar-refractivity contribution in [2.24, 2.45) is 5.73 Å². The van der Waals surface area contributed by atoms with Gasteiger partial charge in [-0.1, -0.05) is 11.6 Å². The van der Waals surface area contributed by atoms with Gasteiger partial charge in [-0.25, -0.2) is 4.39 Å². The Kier molecular flexibility index (Phi) is 3.16. The first-order valence-electron chi connectivity index (χ1n) is 6.15. The smallest absolute Gasteiger partial charge is 0.151 e. The molecule has 2 heterocycles. The summed E-state index contributed by atoms with van der Waals surface area (Å²) in [5.41, 5.74) is 7.40.